The van der Waals surface area contributed by atoms with Crippen LogP contribution in [-0.4, -0.2) is 22.8 Å². The Hall–Kier alpha value is -2.78. The molecule has 1 aromatic heterocycles. The molecule has 3 rings (SSSR count). The summed E-state index contributed by atoms with van der Waals surface area (Å²) < 4.78 is 15.0. The summed E-state index contributed by atoms with van der Waals surface area (Å²) in [4.78, 5) is 26.5. The first kappa shape index (κ1) is 19.0. The van der Waals surface area contributed by atoms with Gasteiger partial charge in [-0.1, -0.05) is 23.6 Å². The first-order valence-electron chi connectivity index (χ1n) is 8.56. The topological polar surface area (TPSA) is 88.0 Å². The van der Waals surface area contributed by atoms with Crippen LogP contribution in [0.4, 0.5) is 4.39 Å². The van der Waals surface area contributed by atoms with Crippen LogP contribution in [0.5, 0.6) is 0 Å². The van der Waals surface area contributed by atoms with Gasteiger partial charge in [-0.05, 0) is 50.7 Å². The van der Waals surface area contributed by atoms with Crippen molar-refractivity contribution in [3.63, 3.8) is 0 Å². The van der Waals surface area contributed by atoms with E-state index in [9.17, 15) is 14.0 Å². The standard InChI is InChI=1S/C20H19ClFN3O2/c1-3-5-15(26)25-12-7-4-6-11(8-12)16-14(22)9-13(20(23)27)19-17(16)18(21)10(2)24-19/h6,9,12,24H,4,7-8H2,1-2H3,(H2,23,27)(H,25,26)/t12-/m0/s1. The zero-order valence-corrected chi connectivity index (χ0v) is 15.8. The molecule has 1 aromatic carbocycles. The number of H-pyrrole nitrogens is 1. The first-order chi connectivity index (χ1) is 12.8. The molecule has 0 unspecified atom stereocenters. The Morgan fingerprint density at radius 3 is 2.85 bits per heavy atom. The van der Waals surface area contributed by atoms with Gasteiger partial charge in [0.25, 0.3) is 11.8 Å². The minimum Gasteiger partial charge on any atom is -0.366 e. The maximum Gasteiger partial charge on any atom is 0.296 e. The van der Waals surface area contributed by atoms with Crippen molar-refractivity contribution in [2.45, 2.75) is 39.2 Å². The molecule has 4 N–H and O–H groups in total. The van der Waals surface area contributed by atoms with Gasteiger partial charge in [0.2, 0.25) is 0 Å². The number of halogens is 2. The molecule has 0 bridgehead atoms. The van der Waals surface area contributed by atoms with Crippen molar-refractivity contribution in [2.24, 2.45) is 5.73 Å². The van der Waals surface area contributed by atoms with Crippen LogP contribution >= 0.6 is 11.6 Å². The van der Waals surface area contributed by atoms with Crippen molar-refractivity contribution in [1.29, 1.82) is 0 Å². The van der Waals surface area contributed by atoms with Crippen LogP contribution < -0.4 is 11.1 Å². The average Bonchev–Trinajstić information content (AvgIpc) is 2.90. The minimum absolute atomic E-state index is 0.0562. The van der Waals surface area contributed by atoms with E-state index in [1.807, 2.05) is 6.08 Å². The van der Waals surface area contributed by atoms with E-state index in [-0.39, 0.29) is 17.5 Å². The zero-order chi connectivity index (χ0) is 19.7. The highest BCUT2D eigenvalue weighted by atomic mass is 35.5. The molecule has 7 heteroatoms. The summed E-state index contributed by atoms with van der Waals surface area (Å²) in [5.41, 5.74) is 7.57. The maximum atomic E-state index is 15.0. The Kier molecular flexibility index (Phi) is 5.24. The van der Waals surface area contributed by atoms with E-state index in [0.29, 0.717) is 40.0 Å². The van der Waals surface area contributed by atoms with E-state index < -0.39 is 11.7 Å². The number of amides is 2. The van der Waals surface area contributed by atoms with Crippen LogP contribution in [-0.2, 0) is 4.79 Å². The number of nitrogens with two attached hydrogens (primary N) is 1. The molecule has 0 fully saturated rings. The molecule has 2 amide bonds. The van der Waals surface area contributed by atoms with E-state index in [1.165, 1.54) is 0 Å². The molecule has 5 nitrogen and oxygen atoms in total. The number of primary amides is 1. The zero-order valence-electron chi connectivity index (χ0n) is 15.0. The van der Waals surface area contributed by atoms with E-state index in [4.69, 9.17) is 17.3 Å². The molecule has 2 aromatic rings. The molecule has 1 aliphatic rings. The van der Waals surface area contributed by atoms with Gasteiger partial charge < -0.3 is 16.0 Å². The van der Waals surface area contributed by atoms with E-state index >= 15 is 0 Å². The minimum atomic E-state index is -0.732. The summed E-state index contributed by atoms with van der Waals surface area (Å²) in [7, 11) is 0. The molecule has 1 heterocycles. The summed E-state index contributed by atoms with van der Waals surface area (Å²) in [6, 6.07) is 0.986. The molecular weight excluding hydrogens is 369 g/mol. The molecular formula is C20H19ClFN3O2. The van der Waals surface area contributed by atoms with Gasteiger partial charge in [0, 0.05) is 22.7 Å². The fraction of sp³-hybridized carbons (Fsp3) is 0.300. The van der Waals surface area contributed by atoms with Crippen LogP contribution in [0, 0.1) is 24.6 Å². The van der Waals surface area contributed by atoms with Crippen molar-refractivity contribution in [1.82, 2.24) is 10.3 Å². The second-order valence-electron chi connectivity index (χ2n) is 6.52. The molecule has 1 atom stereocenters. The number of hydrogen-bond acceptors (Lipinski definition) is 2. The number of rotatable bonds is 3. The van der Waals surface area contributed by atoms with Crippen LogP contribution in [0.1, 0.15) is 47.8 Å². The van der Waals surface area contributed by atoms with Crippen molar-refractivity contribution in [3.8, 4) is 11.8 Å². The van der Waals surface area contributed by atoms with E-state index in [0.717, 1.165) is 18.1 Å². The SMILES string of the molecule is CC#CC(=O)N[C@H]1CCC=C(c2c(F)cc(C(N)=O)c3[nH]c(C)c(Cl)c23)C1. The smallest absolute Gasteiger partial charge is 0.296 e. The number of carbonyl (C=O) groups excluding carboxylic acids is 2. The van der Waals surface area contributed by atoms with Crippen molar-refractivity contribution < 1.29 is 14.0 Å². The van der Waals surface area contributed by atoms with Gasteiger partial charge in [0.05, 0.1) is 16.1 Å². The summed E-state index contributed by atoms with van der Waals surface area (Å²) >= 11 is 6.41. The molecule has 140 valence electrons. The Morgan fingerprint density at radius 2 is 2.19 bits per heavy atom. The first-order valence-corrected chi connectivity index (χ1v) is 8.94. The molecule has 0 saturated carbocycles. The van der Waals surface area contributed by atoms with Crippen LogP contribution in [0.15, 0.2) is 12.1 Å². The number of aromatic nitrogens is 1. The lowest BCUT2D eigenvalue weighted by Gasteiger charge is -2.24. The molecule has 1 aliphatic carbocycles. The monoisotopic (exact) mass is 387 g/mol. The third kappa shape index (κ3) is 3.56. The van der Waals surface area contributed by atoms with E-state index in [2.05, 4.69) is 22.1 Å². The highest BCUT2D eigenvalue weighted by Crippen LogP contribution is 2.40. The van der Waals surface area contributed by atoms with Crippen molar-refractivity contribution in [3.05, 3.63) is 39.8 Å². The van der Waals surface area contributed by atoms with Gasteiger partial charge in [0.1, 0.15) is 5.82 Å². The predicted octanol–water partition coefficient (Wildman–Crippen LogP) is 3.44. The Bertz CT molecular complexity index is 1040. The van der Waals surface area contributed by atoms with Crippen molar-refractivity contribution in [2.75, 3.05) is 0 Å². The predicted molar refractivity (Wildman–Crippen MR) is 104 cm³/mol. The highest BCUT2D eigenvalue weighted by Gasteiger charge is 2.26. The number of aromatic amines is 1. The second-order valence-corrected chi connectivity index (χ2v) is 6.89. The number of benzene rings is 1. The molecule has 0 saturated heterocycles. The Labute approximate surface area is 161 Å². The Morgan fingerprint density at radius 1 is 1.44 bits per heavy atom. The number of allylic oxidation sites excluding steroid dienone is 1. The molecule has 27 heavy (non-hydrogen) atoms. The lowest BCUT2D eigenvalue weighted by molar-refractivity contribution is -0.116. The largest absolute Gasteiger partial charge is 0.366 e. The van der Waals surface area contributed by atoms with Gasteiger partial charge >= 0.3 is 0 Å². The third-order valence-electron chi connectivity index (χ3n) is 4.67. The molecule has 0 spiro atoms. The number of aryl methyl sites for hydroxylation is 1. The van der Waals surface area contributed by atoms with Gasteiger partial charge in [-0.25, -0.2) is 4.39 Å². The van der Waals surface area contributed by atoms with Gasteiger partial charge in [-0.3, -0.25) is 9.59 Å². The molecule has 0 radical (unpaired) electrons. The summed E-state index contributed by atoms with van der Waals surface area (Å²) in [6.45, 7) is 3.34. The van der Waals surface area contributed by atoms with Crippen molar-refractivity contribution >= 4 is 39.9 Å². The van der Waals surface area contributed by atoms with Crippen LogP contribution in [0.2, 0.25) is 5.02 Å². The normalized spacial score (nSPS) is 16.4. The Balaban J connectivity index is 2.09. The number of fused-ring (bicyclic) bond motifs is 1. The molecule has 0 aliphatic heterocycles. The van der Waals surface area contributed by atoms with Crippen LogP contribution in [0.3, 0.4) is 0 Å². The van der Waals surface area contributed by atoms with Gasteiger partial charge in [-0.15, -0.1) is 0 Å². The summed E-state index contributed by atoms with van der Waals surface area (Å²) in [5, 5.41) is 3.64. The quantitative estimate of drug-likeness (QED) is 0.704. The third-order valence-corrected chi connectivity index (χ3v) is 5.15. The lowest BCUT2D eigenvalue weighted by Crippen LogP contribution is -2.35. The number of nitrogens with one attached hydrogen (secondary N) is 2. The fourth-order valence-corrected chi connectivity index (χ4v) is 3.75. The number of hydrogen-bond donors (Lipinski definition) is 3. The highest BCUT2D eigenvalue weighted by molar-refractivity contribution is 6.37. The van der Waals surface area contributed by atoms with Gasteiger partial charge in [-0.2, -0.15) is 0 Å². The van der Waals surface area contributed by atoms with Crippen LogP contribution in [0.25, 0.3) is 16.5 Å². The lowest BCUT2D eigenvalue weighted by atomic mass is 9.87. The van der Waals surface area contributed by atoms with E-state index in [1.54, 1.807) is 13.8 Å². The summed E-state index contributed by atoms with van der Waals surface area (Å²) in [6.07, 6.45) is 3.80. The maximum absolute atomic E-state index is 15.0. The second kappa shape index (κ2) is 7.45. The van der Waals surface area contributed by atoms with Gasteiger partial charge in [0.15, 0.2) is 0 Å². The summed E-state index contributed by atoms with van der Waals surface area (Å²) in [5.74, 6) is 3.36. The number of carbonyl (C=O) groups is 2. The fourth-order valence-electron chi connectivity index (χ4n) is 3.51. The average molecular weight is 388 g/mol.